The summed E-state index contributed by atoms with van der Waals surface area (Å²) in [6, 6.07) is 0.544. The fourth-order valence-corrected chi connectivity index (χ4v) is 2.42. The lowest BCUT2D eigenvalue weighted by atomic mass is 10.1. The molecule has 106 valence electrons. The van der Waals surface area contributed by atoms with Crippen molar-refractivity contribution in [2.75, 3.05) is 20.1 Å². The van der Waals surface area contributed by atoms with Gasteiger partial charge in [-0.2, -0.15) is 0 Å². The highest BCUT2D eigenvalue weighted by Gasteiger charge is 2.37. The second-order valence-corrected chi connectivity index (χ2v) is 5.25. The Labute approximate surface area is 111 Å². The lowest BCUT2D eigenvalue weighted by Crippen LogP contribution is -2.58. The number of hydrogen-bond acceptors (Lipinski definition) is 5. The predicted octanol–water partition coefficient (Wildman–Crippen LogP) is -0.233. The first kappa shape index (κ1) is 13.8. The molecule has 3 atom stereocenters. The van der Waals surface area contributed by atoms with Crippen LogP contribution in [0.5, 0.6) is 0 Å². The first-order chi connectivity index (χ1) is 8.90. The molecule has 0 spiro atoms. The van der Waals surface area contributed by atoms with Crippen LogP contribution in [0.4, 0.5) is 0 Å². The van der Waals surface area contributed by atoms with Crippen molar-refractivity contribution in [1.29, 1.82) is 0 Å². The molecule has 2 aliphatic rings. The molecule has 0 radical (unpaired) electrons. The van der Waals surface area contributed by atoms with Crippen LogP contribution in [0, 0.1) is 0 Å². The van der Waals surface area contributed by atoms with Crippen molar-refractivity contribution < 1.29 is 19.5 Å². The quantitative estimate of drug-likeness (QED) is 0.748. The van der Waals surface area contributed by atoms with E-state index in [1.807, 2.05) is 7.05 Å². The molecule has 19 heavy (non-hydrogen) atoms. The van der Waals surface area contributed by atoms with E-state index in [1.54, 1.807) is 4.90 Å². The molecule has 1 amide bonds. The van der Waals surface area contributed by atoms with Gasteiger partial charge in [-0.25, -0.2) is 4.79 Å². The Balaban J connectivity index is 1.97. The SMILES string of the molecule is CC1CN(C(=O)C2CC(C(=O)O)=NO2)CC(C)N1C. The maximum absolute atomic E-state index is 12.3. The Kier molecular flexibility index (Phi) is 3.75. The fourth-order valence-electron chi connectivity index (χ4n) is 2.42. The molecule has 7 nitrogen and oxygen atoms in total. The lowest BCUT2D eigenvalue weighted by Gasteiger charge is -2.42. The molecule has 1 N–H and O–H groups in total. The van der Waals surface area contributed by atoms with Gasteiger partial charge in [-0.15, -0.1) is 0 Å². The summed E-state index contributed by atoms with van der Waals surface area (Å²) in [5.41, 5.74) is -0.0893. The Morgan fingerprint density at radius 2 is 1.89 bits per heavy atom. The number of piperazine rings is 1. The molecular weight excluding hydrogens is 250 g/mol. The lowest BCUT2D eigenvalue weighted by molar-refractivity contribution is -0.146. The highest BCUT2D eigenvalue weighted by molar-refractivity contribution is 6.36. The van der Waals surface area contributed by atoms with Crippen molar-refractivity contribution in [3.8, 4) is 0 Å². The Bertz CT molecular complexity index is 411. The van der Waals surface area contributed by atoms with Crippen LogP contribution in [0.15, 0.2) is 5.16 Å². The van der Waals surface area contributed by atoms with Crippen molar-refractivity contribution in [2.45, 2.75) is 38.5 Å². The van der Waals surface area contributed by atoms with Crippen LogP contribution in [0.2, 0.25) is 0 Å². The summed E-state index contributed by atoms with van der Waals surface area (Å²) in [6.45, 7) is 5.37. The number of hydrogen-bond donors (Lipinski definition) is 1. The number of nitrogens with zero attached hydrogens (tertiary/aromatic N) is 3. The van der Waals surface area contributed by atoms with Gasteiger partial charge in [0.15, 0.2) is 5.71 Å². The number of carbonyl (C=O) groups excluding carboxylic acids is 1. The van der Waals surface area contributed by atoms with Crippen LogP contribution in [0.3, 0.4) is 0 Å². The van der Waals surface area contributed by atoms with E-state index < -0.39 is 12.1 Å². The summed E-state index contributed by atoms with van der Waals surface area (Å²) in [5.74, 6) is -1.30. The van der Waals surface area contributed by atoms with E-state index in [2.05, 4.69) is 23.9 Å². The molecule has 0 saturated carbocycles. The summed E-state index contributed by atoms with van der Waals surface area (Å²) >= 11 is 0. The molecular formula is C12H19N3O4. The van der Waals surface area contributed by atoms with Crippen LogP contribution in [0.1, 0.15) is 20.3 Å². The topological polar surface area (TPSA) is 82.4 Å². The van der Waals surface area contributed by atoms with Crippen LogP contribution >= 0.6 is 0 Å². The van der Waals surface area contributed by atoms with E-state index in [9.17, 15) is 9.59 Å². The average molecular weight is 269 g/mol. The summed E-state index contributed by atoms with van der Waals surface area (Å²) in [4.78, 5) is 31.9. The summed E-state index contributed by atoms with van der Waals surface area (Å²) in [5, 5.41) is 12.2. The molecule has 3 unspecified atom stereocenters. The van der Waals surface area contributed by atoms with Gasteiger partial charge in [-0.05, 0) is 20.9 Å². The number of carboxylic acids is 1. The maximum atomic E-state index is 12.3. The van der Waals surface area contributed by atoms with Crippen LogP contribution in [0.25, 0.3) is 0 Å². The second-order valence-electron chi connectivity index (χ2n) is 5.25. The van der Waals surface area contributed by atoms with Crippen LogP contribution in [-0.4, -0.2) is 70.8 Å². The van der Waals surface area contributed by atoms with Crippen LogP contribution in [-0.2, 0) is 14.4 Å². The third-order valence-corrected chi connectivity index (χ3v) is 3.86. The third-order valence-electron chi connectivity index (χ3n) is 3.86. The van der Waals surface area contributed by atoms with Crippen molar-refractivity contribution >= 4 is 17.6 Å². The van der Waals surface area contributed by atoms with Crippen LogP contribution < -0.4 is 0 Å². The van der Waals surface area contributed by atoms with Gasteiger partial charge in [-0.1, -0.05) is 5.16 Å². The van der Waals surface area contributed by atoms with Gasteiger partial charge >= 0.3 is 5.97 Å². The second kappa shape index (κ2) is 5.16. The molecule has 2 aliphatic heterocycles. The first-order valence-corrected chi connectivity index (χ1v) is 6.37. The Morgan fingerprint density at radius 3 is 2.37 bits per heavy atom. The number of rotatable bonds is 2. The number of likely N-dealkylation sites (N-methyl/N-ethyl adjacent to an activating group) is 1. The van der Waals surface area contributed by atoms with Gasteiger partial charge in [-0.3, -0.25) is 9.69 Å². The zero-order chi connectivity index (χ0) is 14.2. The first-order valence-electron chi connectivity index (χ1n) is 6.37. The van der Waals surface area contributed by atoms with Gasteiger partial charge in [0, 0.05) is 31.6 Å². The average Bonchev–Trinajstić information content (AvgIpc) is 2.84. The van der Waals surface area contributed by atoms with Gasteiger partial charge in [0.2, 0.25) is 6.10 Å². The number of aliphatic carboxylic acids is 1. The Morgan fingerprint density at radius 1 is 1.32 bits per heavy atom. The molecule has 0 aromatic heterocycles. The van der Waals surface area contributed by atoms with E-state index in [0.29, 0.717) is 13.1 Å². The molecule has 0 bridgehead atoms. The predicted molar refractivity (Wildman–Crippen MR) is 67.8 cm³/mol. The maximum Gasteiger partial charge on any atom is 0.353 e. The largest absolute Gasteiger partial charge is 0.477 e. The minimum Gasteiger partial charge on any atom is -0.477 e. The van der Waals surface area contributed by atoms with E-state index in [0.717, 1.165) is 0 Å². The fraction of sp³-hybridized carbons (Fsp3) is 0.750. The molecule has 0 aliphatic carbocycles. The van der Waals surface area contributed by atoms with E-state index in [4.69, 9.17) is 9.94 Å². The number of carbonyl (C=O) groups is 2. The summed E-state index contributed by atoms with van der Waals surface area (Å²) in [7, 11) is 2.04. The zero-order valence-electron chi connectivity index (χ0n) is 11.4. The molecule has 2 rings (SSSR count). The van der Waals surface area contributed by atoms with E-state index >= 15 is 0 Å². The van der Waals surface area contributed by atoms with Gasteiger partial charge in [0.25, 0.3) is 5.91 Å². The standard InChI is InChI=1S/C12H19N3O4/c1-7-5-15(6-8(2)14(7)3)11(16)10-4-9(12(17)18)13-19-10/h7-8,10H,4-6H2,1-3H3,(H,17,18). The summed E-state index contributed by atoms with van der Waals surface area (Å²) < 4.78 is 0. The van der Waals surface area contributed by atoms with E-state index in [-0.39, 0.29) is 30.1 Å². The Hall–Kier alpha value is -1.63. The molecule has 7 heteroatoms. The highest BCUT2D eigenvalue weighted by atomic mass is 16.6. The number of carboxylic acid groups (broad SMARTS) is 1. The monoisotopic (exact) mass is 269 g/mol. The molecule has 1 saturated heterocycles. The zero-order valence-corrected chi connectivity index (χ0v) is 11.4. The molecule has 1 fully saturated rings. The van der Waals surface area contributed by atoms with Gasteiger partial charge in [0.05, 0.1) is 0 Å². The van der Waals surface area contributed by atoms with E-state index in [1.165, 1.54) is 0 Å². The minimum absolute atomic E-state index is 0.0449. The molecule has 0 aromatic carbocycles. The van der Waals surface area contributed by atoms with Crippen molar-refractivity contribution in [3.05, 3.63) is 0 Å². The number of amides is 1. The number of oxime groups is 1. The van der Waals surface area contributed by atoms with Gasteiger partial charge in [0.1, 0.15) is 0 Å². The highest BCUT2D eigenvalue weighted by Crippen LogP contribution is 2.18. The van der Waals surface area contributed by atoms with Crippen molar-refractivity contribution in [2.24, 2.45) is 5.16 Å². The minimum atomic E-state index is -1.13. The summed E-state index contributed by atoms with van der Waals surface area (Å²) in [6.07, 6.45) is -0.739. The molecule has 2 heterocycles. The van der Waals surface area contributed by atoms with Crippen molar-refractivity contribution in [1.82, 2.24) is 9.80 Å². The normalized spacial score (nSPS) is 31.8. The van der Waals surface area contributed by atoms with Crippen molar-refractivity contribution in [3.63, 3.8) is 0 Å². The third kappa shape index (κ3) is 2.70. The van der Waals surface area contributed by atoms with Gasteiger partial charge < -0.3 is 14.8 Å². The molecule has 0 aromatic rings. The smallest absolute Gasteiger partial charge is 0.353 e.